The monoisotopic (exact) mass is 423 g/mol. The number of carbonyl (C=O) groups excluding carboxylic acids is 3. The van der Waals surface area contributed by atoms with E-state index in [-0.39, 0.29) is 40.5 Å². The van der Waals surface area contributed by atoms with E-state index < -0.39 is 11.9 Å². The SMILES string of the molecule is CCOC(=O)c1c(NC(=O)Cc2ccc(Cl)cc2)sc(C(=O)OC(C)C)c1C. The fraction of sp³-hybridized carbons (Fsp3) is 0.350. The fourth-order valence-corrected chi connectivity index (χ4v) is 3.69. The van der Waals surface area contributed by atoms with Crippen molar-refractivity contribution in [3.63, 3.8) is 0 Å². The van der Waals surface area contributed by atoms with E-state index in [2.05, 4.69) is 5.32 Å². The number of ether oxygens (including phenoxy) is 2. The fourth-order valence-electron chi connectivity index (χ4n) is 2.47. The summed E-state index contributed by atoms with van der Waals surface area (Å²) in [5.74, 6) is -1.46. The third-order valence-electron chi connectivity index (χ3n) is 3.69. The standard InChI is InChI=1S/C20H22ClNO5S/c1-5-26-19(24)16-12(4)17(20(25)27-11(2)3)28-18(16)22-15(23)10-13-6-8-14(21)9-7-13/h6-9,11H,5,10H2,1-4H3,(H,22,23). The third-order valence-corrected chi connectivity index (χ3v) is 5.12. The van der Waals surface area contributed by atoms with Gasteiger partial charge >= 0.3 is 11.9 Å². The van der Waals surface area contributed by atoms with Crippen molar-refractivity contribution in [1.29, 1.82) is 0 Å². The number of anilines is 1. The highest BCUT2D eigenvalue weighted by molar-refractivity contribution is 7.18. The van der Waals surface area contributed by atoms with Crippen LogP contribution in [0, 0.1) is 6.92 Å². The first kappa shape index (κ1) is 21.9. The van der Waals surface area contributed by atoms with Gasteiger partial charge in [-0.05, 0) is 51.0 Å². The molecule has 0 spiro atoms. The molecular formula is C20H22ClNO5S. The number of amides is 1. The van der Waals surface area contributed by atoms with Crippen molar-refractivity contribution in [2.75, 3.05) is 11.9 Å². The van der Waals surface area contributed by atoms with Crippen LogP contribution >= 0.6 is 22.9 Å². The summed E-state index contributed by atoms with van der Waals surface area (Å²) in [7, 11) is 0. The Balaban J connectivity index is 2.29. The van der Waals surface area contributed by atoms with Gasteiger partial charge in [0.25, 0.3) is 0 Å². The van der Waals surface area contributed by atoms with Crippen molar-refractivity contribution in [2.45, 2.75) is 40.2 Å². The molecule has 1 N–H and O–H groups in total. The van der Waals surface area contributed by atoms with Gasteiger partial charge in [0.1, 0.15) is 9.88 Å². The van der Waals surface area contributed by atoms with E-state index in [1.165, 1.54) is 0 Å². The van der Waals surface area contributed by atoms with E-state index >= 15 is 0 Å². The Morgan fingerprint density at radius 2 is 1.79 bits per heavy atom. The van der Waals surface area contributed by atoms with Gasteiger partial charge in [-0.25, -0.2) is 9.59 Å². The lowest BCUT2D eigenvalue weighted by Gasteiger charge is -2.07. The molecule has 0 fully saturated rings. The molecule has 1 aromatic carbocycles. The molecular weight excluding hydrogens is 402 g/mol. The average molecular weight is 424 g/mol. The Labute approximate surface area is 172 Å². The van der Waals surface area contributed by atoms with Crippen LogP contribution in [0.2, 0.25) is 5.02 Å². The van der Waals surface area contributed by atoms with Gasteiger partial charge in [0.15, 0.2) is 0 Å². The second-order valence-electron chi connectivity index (χ2n) is 6.29. The van der Waals surface area contributed by atoms with Gasteiger partial charge < -0.3 is 14.8 Å². The molecule has 0 radical (unpaired) electrons. The molecule has 0 saturated heterocycles. The number of nitrogens with one attached hydrogen (secondary N) is 1. The maximum Gasteiger partial charge on any atom is 0.348 e. The summed E-state index contributed by atoms with van der Waals surface area (Å²) in [6.45, 7) is 6.97. The lowest BCUT2D eigenvalue weighted by molar-refractivity contribution is -0.115. The van der Waals surface area contributed by atoms with Crippen LogP contribution in [0.4, 0.5) is 5.00 Å². The molecule has 0 atom stereocenters. The molecule has 0 aliphatic rings. The Kier molecular flexibility index (Phi) is 7.60. The van der Waals surface area contributed by atoms with Gasteiger partial charge in [-0.2, -0.15) is 0 Å². The molecule has 0 aliphatic carbocycles. The molecule has 28 heavy (non-hydrogen) atoms. The molecule has 8 heteroatoms. The van der Waals surface area contributed by atoms with E-state index in [4.69, 9.17) is 21.1 Å². The van der Waals surface area contributed by atoms with Gasteiger partial charge in [0.05, 0.1) is 24.7 Å². The topological polar surface area (TPSA) is 81.7 Å². The molecule has 0 saturated carbocycles. The zero-order chi connectivity index (χ0) is 20.8. The zero-order valence-corrected chi connectivity index (χ0v) is 17.7. The highest BCUT2D eigenvalue weighted by Gasteiger charge is 2.27. The van der Waals surface area contributed by atoms with Crippen molar-refractivity contribution in [3.05, 3.63) is 50.9 Å². The van der Waals surface area contributed by atoms with E-state index in [0.717, 1.165) is 16.9 Å². The smallest absolute Gasteiger partial charge is 0.348 e. The molecule has 2 rings (SSSR count). The number of hydrogen-bond donors (Lipinski definition) is 1. The van der Waals surface area contributed by atoms with Gasteiger partial charge in [0, 0.05) is 5.02 Å². The second kappa shape index (κ2) is 9.71. The van der Waals surface area contributed by atoms with Crippen LogP contribution in [0.25, 0.3) is 0 Å². The number of hydrogen-bond acceptors (Lipinski definition) is 6. The van der Waals surface area contributed by atoms with Crippen molar-refractivity contribution < 1.29 is 23.9 Å². The molecule has 6 nitrogen and oxygen atoms in total. The molecule has 0 unspecified atom stereocenters. The second-order valence-corrected chi connectivity index (χ2v) is 7.74. The molecule has 0 aliphatic heterocycles. The van der Waals surface area contributed by atoms with Crippen LogP contribution < -0.4 is 5.32 Å². The summed E-state index contributed by atoms with van der Waals surface area (Å²) >= 11 is 6.86. The van der Waals surface area contributed by atoms with E-state index in [0.29, 0.717) is 10.6 Å². The lowest BCUT2D eigenvalue weighted by Crippen LogP contribution is -2.16. The number of rotatable bonds is 7. The largest absolute Gasteiger partial charge is 0.462 e. The van der Waals surface area contributed by atoms with Crippen LogP contribution in [0.3, 0.4) is 0 Å². The van der Waals surface area contributed by atoms with E-state index in [1.54, 1.807) is 52.0 Å². The van der Waals surface area contributed by atoms with Gasteiger partial charge in [-0.1, -0.05) is 23.7 Å². The van der Waals surface area contributed by atoms with Crippen molar-refractivity contribution in [3.8, 4) is 0 Å². The number of benzene rings is 1. The summed E-state index contributed by atoms with van der Waals surface area (Å²) in [5, 5.41) is 3.57. The molecule has 1 amide bonds. The van der Waals surface area contributed by atoms with Gasteiger partial charge in [-0.3, -0.25) is 4.79 Å². The van der Waals surface area contributed by atoms with Crippen LogP contribution in [-0.4, -0.2) is 30.6 Å². The van der Waals surface area contributed by atoms with Crippen molar-refractivity contribution >= 4 is 45.8 Å². The first-order chi connectivity index (χ1) is 13.2. The minimum absolute atomic E-state index is 0.0994. The highest BCUT2D eigenvalue weighted by atomic mass is 35.5. The number of halogens is 1. The Hall–Kier alpha value is -2.38. The van der Waals surface area contributed by atoms with Crippen molar-refractivity contribution in [2.24, 2.45) is 0 Å². The summed E-state index contributed by atoms with van der Waals surface area (Å²) in [6, 6.07) is 6.89. The van der Waals surface area contributed by atoms with Crippen LogP contribution in [0.1, 0.15) is 51.9 Å². The van der Waals surface area contributed by atoms with E-state index in [1.807, 2.05) is 0 Å². The zero-order valence-electron chi connectivity index (χ0n) is 16.1. The molecule has 150 valence electrons. The predicted molar refractivity (Wildman–Crippen MR) is 109 cm³/mol. The molecule has 2 aromatic rings. The number of esters is 2. The highest BCUT2D eigenvalue weighted by Crippen LogP contribution is 2.34. The summed E-state index contributed by atoms with van der Waals surface area (Å²) in [5.41, 5.74) is 1.37. The van der Waals surface area contributed by atoms with E-state index in [9.17, 15) is 14.4 Å². The third kappa shape index (κ3) is 5.56. The van der Waals surface area contributed by atoms with Crippen LogP contribution in [-0.2, 0) is 20.7 Å². The van der Waals surface area contributed by atoms with Gasteiger partial charge in [-0.15, -0.1) is 11.3 Å². The molecule has 0 bridgehead atoms. The Bertz CT molecular complexity index is 873. The minimum Gasteiger partial charge on any atom is -0.462 e. The molecule has 1 heterocycles. The first-order valence-corrected chi connectivity index (χ1v) is 9.98. The van der Waals surface area contributed by atoms with Crippen LogP contribution in [0.5, 0.6) is 0 Å². The Morgan fingerprint density at radius 3 is 2.36 bits per heavy atom. The maximum absolute atomic E-state index is 12.5. The summed E-state index contributed by atoms with van der Waals surface area (Å²) in [4.78, 5) is 37.5. The van der Waals surface area contributed by atoms with Crippen LogP contribution in [0.15, 0.2) is 24.3 Å². The minimum atomic E-state index is -0.596. The number of carbonyl (C=O) groups is 3. The number of thiophene rings is 1. The first-order valence-electron chi connectivity index (χ1n) is 8.78. The normalized spacial score (nSPS) is 10.6. The quantitative estimate of drug-likeness (QED) is 0.656. The summed E-state index contributed by atoms with van der Waals surface area (Å²) in [6.07, 6.45) is -0.203. The maximum atomic E-state index is 12.5. The summed E-state index contributed by atoms with van der Waals surface area (Å²) < 4.78 is 10.3. The average Bonchev–Trinajstić information content (AvgIpc) is 2.92. The Morgan fingerprint density at radius 1 is 1.14 bits per heavy atom. The lowest BCUT2D eigenvalue weighted by atomic mass is 10.1. The predicted octanol–water partition coefficient (Wildman–Crippen LogP) is 4.63. The van der Waals surface area contributed by atoms with Crippen molar-refractivity contribution in [1.82, 2.24) is 0 Å². The molecule has 1 aromatic heterocycles. The van der Waals surface area contributed by atoms with Gasteiger partial charge in [0.2, 0.25) is 5.91 Å².